The molecule has 5 nitrogen and oxygen atoms in total. The number of nitrogens with one attached hydrogen (secondary N) is 1. The van der Waals surface area contributed by atoms with Gasteiger partial charge in [0.25, 0.3) is 0 Å². The van der Waals surface area contributed by atoms with Crippen LogP contribution >= 0.6 is 0 Å². The summed E-state index contributed by atoms with van der Waals surface area (Å²) in [5, 5.41) is 3.80. The number of carbonyl (C=O) groups is 1. The van der Waals surface area contributed by atoms with E-state index in [1.165, 1.54) is 12.8 Å². The van der Waals surface area contributed by atoms with E-state index in [9.17, 15) is 4.79 Å². The number of nitrogens with zero attached hydrogens (tertiary/aromatic N) is 2. The van der Waals surface area contributed by atoms with Gasteiger partial charge in [0.2, 0.25) is 5.91 Å². The maximum atomic E-state index is 12.2. The zero-order valence-corrected chi connectivity index (χ0v) is 15.9. The van der Waals surface area contributed by atoms with Crippen LogP contribution in [0.5, 0.6) is 0 Å². The van der Waals surface area contributed by atoms with Gasteiger partial charge in [0.1, 0.15) is 0 Å². The van der Waals surface area contributed by atoms with Gasteiger partial charge < -0.3 is 15.0 Å². The van der Waals surface area contributed by atoms with E-state index >= 15 is 0 Å². The van der Waals surface area contributed by atoms with Crippen LogP contribution in [0, 0.1) is 11.3 Å². The van der Waals surface area contributed by atoms with Crippen molar-refractivity contribution >= 4 is 5.91 Å². The van der Waals surface area contributed by atoms with Crippen molar-refractivity contribution in [3.63, 3.8) is 0 Å². The van der Waals surface area contributed by atoms with Gasteiger partial charge in [-0.3, -0.25) is 9.69 Å². The van der Waals surface area contributed by atoms with Crippen molar-refractivity contribution in [1.29, 1.82) is 0 Å². The normalized spacial score (nSPS) is 35.3. The third-order valence-corrected chi connectivity index (χ3v) is 6.41. The lowest BCUT2D eigenvalue weighted by atomic mass is 9.55. The Morgan fingerprint density at radius 3 is 2.83 bits per heavy atom. The van der Waals surface area contributed by atoms with Gasteiger partial charge in [0, 0.05) is 44.6 Å². The number of hydrogen-bond donors (Lipinski definition) is 1. The quantitative estimate of drug-likeness (QED) is 0.750. The molecule has 0 aromatic rings. The molecule has 138 valence electrons. The fourth-order valence-electron chi connectivity index (χ4n) is 5.15. The molecule has 0 bridgehead atoms. The molecule has 4 atom stereocenters. The number of carbonyl (C=O) groups excluding carboxylic acids is 1. The Morgan fingerprint density at radius 1 is 1.29 bits per heavy atom. The van der Waals surface area contributed by atoms with Crippen molar-refractivity contribution in [2.75, 3.05) is 40.3 Å². The molecular formula is C19H35N3O2. The van der Waals surface area contributed by atoms with Crippen LogP contribution < -0.4 is 5.32 Å². The van der Waals surface area contributed by atoms with Gasteiger partial charge >= 0.3 is 0 Å². The highest BCUT2D eigenvalue weighted by Crippen LogP contribution is 2.51. The molecular weight excluding hydrogens is 302 g/mol. The van der Waals surface area contributed by atoms with E-state index in [-0.39, 0.29) is 17.4 Å². The molecule has 3 fully saturated rings. The minimum atomic E-state index is 0.108. The molecule has 0 aromatic heterocycles. The minimum absolute atomic E-state index is 0.108. The van der Waals surface area contributed by atoms with Crippen molar-refractivity contribution < 1.29 is 9.53 Å². The highest BCUT2D eigenvalue weighted by Gasteiger charge is 2.57. The Hall–Kier alpha value is -0.650. The van der Waals surface area contributed by atoms with Gasteiger partial charge in [-0.25, -0.2) is 0 Å². The van der Waals surface area contributed by atoms with Gasteiger partial charge in [0.05, 0.1) is 12.1 Å². The first-order valence-corrected chi connectivity index (χ1v) is 9.73. The Balaban J connectivity index is 1.41. The number of likely N-dealkylation sites (N-methyl/N-ethyl adjacent to an activating group) is 1. The molecule has 1 aliphatic carbocycles. The summed E-state index contributed by atoms with van der Waals surface area (Å²) < 4.78 is 5.98. The van der Waals surface area contributed by atoms with Gasteiger partial charge in [-0.2, -0.15) is 0 Å². The second-order valence-corrected chi connectivity index (χ2v) is 8.63. The van der Waals surface area contributed by atoms with Crippen molar-refractivity contribution in [1.82, 2.24) is 15.1 Å². The number of amides is 1. The molecule has 0 unspecified atom stereocenters. The average Bonchev–Trinajstić information content (AvgIpc) is 3.02. The molecule has 5 heteroatoms. The minimum Gasteiger partial charge on any atom is -0.377 e. The lowest BCUT2D eigenvalue weighted by Crippen LogP contribution is -2.69. The maximum Gasteiger partial charge on any atom is 0.239 e. The first kappa shape index (κ1) is 18.2. The Morgan fingerprint density at radius 2 is 2.08 bits per heavy atom. The third kappa shape index (κ3) is 3.35. The number of rotatable bonds is 6. The summed E-state index contributed by atoms with van der Waals surface area (Å²) in [7, 11) is 3.73. The third-order valence-electron chi connectivity index (χ3n) is 6.41. The van der Waals surface area contributed by atoms with E-state index in [2.05, 4.69) is 24.1 Å². The van der Waals surface area contributed by atoms with Crippen molar-refractivity contribution in [3.05, 3.63) is 0 Å². The monoisotopic (exact) mass is 337 g/mol. The van der Waals surface area contributed by atoms with Crippen LogP contribution in [0.25, 0.3) is 0 Å². The zero-order chi connectivity index (χ0) is 17.3. The first-order chi connectivity index (χ1) is 11.4. The fourth-order valence-corrected chi connectivity index (χ4v) is 5.15. The van der Waals surface area contributed by atoms with E-state index < -0.39 is 0 Å². The molecule has 0 radical (unpaired) electrons. The topological polar surface area (TPSA) is 44.8 Å². The zero-order valence-electron chi connectivity index (χ0n) is 15.9. The summed E-state index contributed by atoms with van der Waals surface area (Å²) in [4.78, 5) is 16.4. The Bertz CT molecular complexity index is 452. The summed E-state index contributed by atoms with van der Waals surface area (Å²) in [5.41, 5.74) is 0.252. The van der Waals surface area contributed by atoms with E-state index in [0.29, 0.717) is 18.1 Å². The van der Waals surface area contributed by atoms with Crippen molar-refractivity contribution in [3.8, 4) is 0 Å². The van der Waals surface area contributed by atoms with Gasteiger partial charge in [-0.1, -0.05) is 13.8 Å². The highest BCUT2D eigenvalue weighted by atomic mass is 16.5. The van der Waals surface area contributed by atoms with Crippen LogP contribution in [0.1, 0.15) is 46.0 Å². The Kier molecular flexibility index (Phi) is 5.52. The van der Waals surface area contributed by atoms with E-state index in [1.54, 1.807) is 4.90 Å². The molecule has 3 aliphatic rings. The van der Waals surface area contributed by atoms with Crippen LogP contribution in [0.4, 0.5) is 0 Å². The second-order valence-electron chi connectivity index (χ2n) is 8.63. The SMILES string of the molecule is CN(C)C(=O)[C@@H]1CCCN1CCCN[C@@H]1[C@H]2CCCO[C@@H]2C1(C)C. The molecule has 3 rings (SSSR count). The molecule has 24 heavy (non-hydrogen) atoms. The maximum absolute atomic E-state index is 12.2. The smallest absolute Gasteiger partial charge is 0.239 e. The molecule has 2 aliphatic heterocycles. The molecule has 1 amide bonds. The van der Waals surface area contributed by atoms with Crippen LogP contribution in [-0.2, 0) is 9.53 Å². The molecule has 0 aromatic carbocycles. The lowest BCUT2D eigenvalue weighted by molar-refractivity contribution is -0.192. The molecule has 2 heterocycles. The molecule has 1 N–H and O–H groups in total. The number of hydrogen-bond acceptors (Lipinski definition) is 4. The average molecular weight is 338 g/mol. The van der Waals surface area contributed by atoms with Crippen LogP contribution in [0.15, 0.2) is 0 Å². The Labute approximate surface area is 147 Å². The predicted octanol–water partition coefficient (Wildman–Crippen LogP) is 1.72. The number of ether oxygens (including phenoxy) is 1. The van der Waals surface area contributed by atoms with E-state index in [4.69, 9.17) is 4.74 Å². The van der Waals surface area contributed by atoms with Crippen molar-refractivity contribution in [2.45, 2.75) is 64.1 Å². The summed E-state index contributed by atoms with van der Waals surface area (Å²) in [5.74, 6) is 0.964. The largest absolute Gasteiger partial charge is 0.377 e. The van der Waals surface area contributed by atoms with Crippen LogP contribution in [0.2, 0.25) is 0 Å². The molecule has 2 saturated heterocycles. The summed E-state index contributed by atoms with van der Waals surface area (Å²) in [6, 6.07) is 0.692. The van der Waals surface area contributed by atoms with E-state index in [1.807, 2.05) is 14.1 Å². The van der Waals surface area contributed by atoms with Crippen LogP contribution in [-0.4, -0.2) is 74.2 Å². The second kappa shape index (κ2) is 7.30. The van der Waals surface area contributed by atoms with Gasteiger partial charge in [-0.15, -0.1) is 0 Å². The predicted molar refractivity (Wildman–Crippen MR) is 95.9 cm³/mol. The highest BCUT2D eigenvalue weighted by molar-refractivity contribution is 5.81. The van der Waals surface area contributed by atoms with Crippen molar-refractivity contribution in [2.24, 2.45) is 11.3 Å². The lowest BCUT2D eigenvalue weighted by Gasteiger charge is -2.60. The number of likely N-dealkylation sites (tertiary alicyclic amines) is 1. The van der Waals surface area contributed by atoms with Gasteiger partial charge in [-0.05, 0) is 45.2 Å². The molecule has 0 spiro atoms. The summed E-state index contributed by atoms with van der Waals surface area (Å²) >= 11 is 0. The first-order valence-electron chi connectivity index (χ1n) is 9.73. The summed E-state index contributed by atoms with van der Waals surface area (Å²) in [6.45, 7) is 8.74. The summed E-state index contributed by atoms with van der Waals surface area (Å²) in [6.07, 6.45) is 6.23. The number of fused-ring (bicyclic) bond motifs is 1. The fraction of sp³-hybridized carbons (Fsp3) is 0.947. The molecule has 1 saturated carbocycles. The standard InChI is InChI=1S/C19H35N3O2/c1-19(2)16(14-8-6-13-24-17(14)19)20-10-7-12-22-11-5-9-15(22)18(23)21(3)4/h14-17,20H,5-13H2,1-4H3/t14-,15+,16-,17+/m1/s1. The van der Waals surface area contributed by atoms with Crippen LogP contribution in [0.3, 0.4) is 0 Å². The van der Waals surface area contributed by atoms with Gasteiger partial charge in [0.15, 0.2) is 0 Å². The van der Waals surface area contributed by atoms with E-state index in [0.717, 1.165) is 45.5 Å².